The van der Waals surface area contributed by atoms with Crippen molar-refractivity contribution < 1.29 is 83.2 Å². The number of aliphatic hydroxyl groups excluding tert-OH is 1. The third kappa shape index (κ3) is 16.1. The van der Waals surface area contributed by atoms with Crippen LogP contribution in [-0.4, -0.2) is 132 Å². The van der Waals surface area contributed by atoms with Crippen LogP contribution in [0, 0.1) is 46.2 Å². The van der Waals surface area contributed by atoms with Crippen LogP contribution in [-0.2, 0) is 26.1 Å². The fraction of sp³-hybridized carbons (Fsp3) is 0.120. The molecule has 27 nitrogen and oxygen atoms in total. The van der Waals surface area contributed by atoms with E-state index in [0.29, 0.717) is 59.5 Å². The summed E-state index contributed by atoms with van der Waals surface area (Å²) in [7, 11) is -1.27. The summed E-state index contributed by atoms with van der Waals surface area (Å²) in [4.78, 5) is 83.8. The summed E-state index contributed by atoms with van der Waals surface area (Å²) in [5.41, 5.74) is -2.35. The SMILES string of the molecule is COC(=O)c1cc(F)c(F)cc1NC(=O)c1ccc(-n2ccnc2CO)nn1.COC(=O)c1cc(F)c(F)cc1NC(=O)c1ccc(C#N)nn1.CS(=O)(=O)NCCNc1cc(C(=O)Nc2cc(F)c(F)cc2C(=O)O)cnc1-n1ccnc1. The van der Waals surface area contributed by atoms with Crippen molar-refractivity contribution in [2.24, 2.45) is 0 Å². The highest BCUT2D eigenvalue weighted by atomic mass is 32.2. The highest BCUT2D eigenvalue weighted by molar-refractivity contribution is 7.88. The van der Waals surface area contributed by atoms with Crippen LogP contribution in [0.3, 0.4) is 0 Å². The van der Waals surface area contributed by atoms with Crippen LogP contribution in [0.5, 0.6) is 0 Å². The highest BCUT2D eigenvalue weighted by Gasteiger charge is 2.23. The van der Waals surface area contributed by atoms with E-state index in [9.17, 15) is 73.7 Å². The number of aliphatic hydroxyl groups is 1. The molecule has 0 aliphatic carbocycles. The number of hydrogen-bond donors (Lipinski definition) is 7. The molecular weight excluding hydrogens is 1150 g/mol. The van der Waals surface area contributed by atoms with Gasteiger partial charge in [0, 0.05) is 62.3 Å². The van der Waals surface area contributed by atoms with Crippen LogP contribution in [0.15, 0.2) is 104 Å². The molecule has 3 aromatic carbocycles. The van der Waals surface area contributed by atoms with E-state index in [1.165, 1.54) is 59.8 Å². The third-order valence-electron chi connectivity index (χ3n) is 10.6. The summed E-state index contributed by atoms with van der Waals surface area (Å²) in [6.45, 7) is -0.118. The zero-order valence-corrected chi connectivity index (χ0v) is 43.9. The van der Waals surface area contributed by atoms with Gasteiger partial charge in [-0.1, -0.05) is 0 Å². The summed E-state index contributed by atoms with van der Waals surface area (Å²) in [5, 5.41) is 51.3. The first-order chi connectivity index (χ1) is 39.9. The number of nitriles is 1. The van der Waals surface area contributed by atoms with Gasteiger partial charge in [0.2, 0.25) is 10.0 Å². The van der Waals surface area contributed by atoms with Crippen molar-refractivity contribution in [3.63, 3.8) is 0 Å². The number of ether oxygens (including phenoxy) is 2. The van der Waals surface area contributed by atoms with Crippen molar-refractivity contribution in [3.8, 4) is 17.7 Å². The Bertz CT molecular complexity index is 3950. The van der Waals surface area contributed by atoms with Crippen LogP contribution in [0.25, 0.3) is 11.6 Å². The number of hydrogen-bond acceptors (Lipinski definition) is 20. The van der Waals surface area contributed by atoms with Crippen molar-refractivity contribution in [1.29, 1.82) is 5.26 Å². The van der Waals surface area contributed by atoms with Crippen molar-refractivity contribution in [1.82, 2.24) is 49.2 Å². The standard InChI is InChI=1S/C19H18F2N6O5S.C17H13F2N5O4.C14H8F2N4O3/c1-33(31,32)25-3-2-23-16-6-11(9-24-17(16)27-5-4-22-10-27)18(28)26-15-8-14(21)13(20)7-12(15)19(29)30;1-28-17(27)9-6-10(18)11(19)7-13(9)21-16(26)12-2-3-14(23-22-12)24-5-4-20-15(24)8-25;1-23-14(22)8-4-9(15)10(16)5-12(8)18-13(21)11-3-2-7(6-17)19-20-11/h4-10,23,25H,2-3H2,1H3,(H,26,28)(H,29,30);2-7,25H,8H2,1H3,(H,21,26);2-5H,1H3,(H,18,21). The van der Waals surface area contributed by atoms with Gasteiger partial charge < -0.3 is 41.0 Å². The summed E-state index contributed by atoms with van der Waals surface area (Å²) in [6, 6.07) is 12.0. The number of halogens is 6. The molecule has 34 heteroatoms. The highest BCUT2D eigenvalue weighted by Crippen LogP contribution is 2.26. The fourth-order valence-corrected chi connectivity index (χ4v) is 7.21. The zero-order chi connectivity index (χ0) is 61.4. The summed E-state index contributed by atoms with van der Waals surface area (Å²) in [6.07, 6.45) is 9.80. The van der Waals surface area contributed by atoms with E-state index < -0.39 is 91.8 Å². The molecule has 0 bridgehead atoms. The summed E-state index contributed by atoms with van der Waals surface area (Å²) >= 11 is 0. The number of carboxylic acids is 1. The Labute approximate surface area is 468 Å². The van der Waals surface area contributed by atoms with Gasteiger partial charge in [-0.05, 0) is 48.5 Å². The maximum absolute atomic E-state index is 13.6. The Morgan fingerprint density at radius 2 is 1.17 bits per heavy atom. The molecule has 0 atom stereocenters. The number of nitrogens with one attached hydrogen (secondary N) is 5. The predicted molar refractivity (Wildman–Crippen MR) is 277 cm³/mol. The minimum atomic E-state index is -3.40. The molecular formula is C50H39F6N15O12S. The molecule has 7 N–H and O–H groups in total. The van der Waals surface area contributed by atoms with E-state index in [2.05, 4.69) is 70.8 Å². The molecule has 0 radical (unpaired) electrons. The summed E-state index contributed by atoms with van der Waals surface area (Å²) < 4.78 is 117. The molecule has 8 aromatic rings. The van der Waals surface area contributed by atoms with Crippen LogP contribution in [0.1, 0.15) is 73.9 Å². The van der Waals surface area contributed by atoms with Gasteiger partial charge in [0.05, 0.1) is 65.5 Å². The Balaban J connectivity index is 0.000000205. The number of sulfonamides is 1. The van der Waals surface area contributed by atoms with Crippen molar-refractivity contribution in [2.45, 2.75) is 6.61 Å². The maximum atomic E-state index is 13.6. The van der Waals surface area contributed by atoms with E-state index in [1.54, 1.807) is 23.0 Å². The molecule has 5 heterocycles. The number of pyridine rings is 1. The molecule has 0 spiro atoms. The lowest BCUT2D eigenvalue weighted by atomic mass is 10.1. The topological polar surface area (TPSA) is 380 Å². The van der Waals surface area contributed by atoms with E-state index in [-0.39, 0.29) is 64.8 Å². The lowest BCUT2D eigenvalue weighted by molar-refractivity contribution is 0.0592. The van der Waals surface area contributed by atoms with Crippen LogP contribution < -0.4 is 26.0 Å². The average molecular weight is 1190 g/mol. The number of benzene rings is 3. The normalized spacial score (nSPS) is 10.6. The largest absolute Gasteiger partial charge is 0.478 e. The molecule has 84 heavy (non-hydrogen) atoms. The molecule has 3 amide bonds. The summed E-state index contributed by atoms with van der Waals surface area (Å²) in [5.74, 6) is -12.7. The number of imidazole rings is 2. The number of esters is 2. The molecule has 434 valence electrons. The molecule has 0 unspecified atom stereocenters. The van der Waals surface area contributed by atoms with E-state index in [4.69, 9.17) is 5.26 Å². The van der Waals surface area contributed by atoms with Gasteiger partial charge in [-0.2, -0.15) is 5.26 Å². The molecule has 5 aromatic heterocycles. The first-order valence-corrected chi connectivity index (χ1v) is 25.0. The first-order valence-electron chi connectivity index (χ1n) is 23.1. The molecule has 0 saturated heterocycles. The Hall–Kier alpha value is -11.1. The molecule has 0 fully saturated rings. The number of carbonyl (C=O) groups is 6. The number of anilines is 4. The number of aromatic carboxylic acids is 1. The van der Waals surface area contributed by atoms with Crippen molar-refractivity contribution in [2.75, 3.05) is 54.8 Å². The van der Waals surface area contributed by atoms with Gasteiger partial charge in [0.15, 0.2) is 63.6 Å². The van der Waals surface area contributed by atoms with Gasteiger partial charge in [-0.25, -0.2) is 68.8 Å². The lowest BCUT2D eigenvalue weighted by Gasteiger charge is -2.14. The smallest absolute Gasteiger partial charge is 0.340 e. The van der Waals surface area contributed by atoms with Gasteiger partial charge >= 0.3 is 17.9 Å². The molecule has 0 saturated carbocycles. The number of methoxy groups -OCH3 is 2. The number of carbonyl (C=O) groups excluding carboxylic acids is 5. The van der Waals surface area contributed by atoms with Crippen LogP contribution in [0.2, 0.25) is 0 Å². The number of nitrogens with zero attached hydrogens (tertiary/aromatic N) is 10. The number of amides is 3. The second-order valence-electron chi connectivity index (χ2n) is 16.3. The minimum absolute atomic E-state index is 0.00428. The van der Waals surface area contributed by atoms with Crippen molar-refractivity contribution >= 4 is 68.4 Å². The van der Waals surface area contributed by atoms with Crippen LogP contribution >= 0.6 is 0 Å². The van der Waals surface area contributed by atoms with E-state index in [1.807, 2.05) is 0 Å². The second-order valence-corrected chi connectivity index (χ2v) is 18.1. The quantitative estimate of drug-likeness (QED) is 0.0372. The minimum Gasteiger partial charge on any atom is -0.478 e. The lowest BCUT2D eigenvalue weighted by Crippen LogP contribution is -2.28. The Morgan fingerprint density at radius 1 is 0.643 bits per heavy atom. The maximum Gasteiger partial charge on any atom is 0.340 e. The van der Waals surface area contributed by atoms with Gasteiger partial charge in [-0.15, -0.1) is 20.4 Å². The zero-order valence-electron chi connectivity index (χ0n) is 43.1. The monoisotopic (exact) mass is 1190 g/mol. The van der Waals surface area contributed by atoms with E-state index >= 15 is 0 Å². The van der Waals surface area contributed by atoms with Gasteiger partial charge in [0.1, 0.15) is 24.8 Å². The van der Waals surface area contributed by atoms with Gasteiger partial charge in [0.25, 0.3) is 17.7 Å². The molecule has 8 rings (SSSR count). The number of aromatic nitrogens is 9. The first kappa shape index (κ1) is 62.2. The average Bonchev–Trinajstić information content (AvgIpc) is 3.88. The van der Waals surface area contributed by atoms with Crippen LogP contribution in [0.4, 0.5) is 49.1 Å². The number of rotatable bonds is 17. The van der Waals surface area contributed by atoms with Crippen molar-refractivity contribution in [3.05, 3.63) is 184 Å². The second kappa shape index (κ2) is 27.9. The third-order valence-corrected chi connectivity index (χ3v) is 11.4. The van der Waals surface area contributed by atoms with Gasteiger partial charge in [-0.3, -0.25) is 23.5 Å². The predicted octanol–water partition coefficient (Wildman–Crippen LogP) is 4.59. The molecule has 0 aliphatic heterocycles. The van der Waals surface area contributed by atoms with E-state index in [0.717, 1.165) is 20.5 Å². The fourth-order valence-electron chi connectivity index (χ4n) is 6.74. The molecule has 0 aliphatic rings. The Morgan fingerprint density at radius 3 is 1.63 bits per heavy atom. The number of carboxylic acid groups (broad SMARTS) is 1. The Kier molecular flexibility index (Phi) is 20.6.